The molecule has 0 aromatic heterocycles. The number of aliphatic imine (C=N–C) groups is 1. The van der Waals surface area contributed by atoms with Gasteiger partial charge in [-0.05, 0) is 31.3 Å². The second-order valence-electron chi connectivity index (χ2n) is 3.35. The molecule has 64 valence electrons. The molecule has 2 aliphatic rings. The molecule has 0 radical (unpaired) electrons. The molecule has 1 fully saturated rings. The van der Waals surface area contributed by atoms with Crippen LogP contribution in [0.3, 0.4) is 0 Å². The summed E-state index contributed by atoms with van der Waals surface area (Å²) in [6.45, 7) is 0.796. The van der Waals surface area contributed by atoms with Gasteiger partial charge < -0.3 is 4.74 Å². The monoisotopic (exact) mass is 165 g/mol. The third-order valence-electron chi connectivity index (χ3n) is 2.51. The van der Waals surface area contributed by atoms with E-state index in [1.165, 1.54) is 5.57 Å². The quantitative estimate of drug-likeness (QED) is 0.460. The molecule has 2 rings (SSSR count). The van der Waals surface area contributed by atoms with Crippen molar-refractivity contribution < 1.29 is 9.53 Å². The van der Waals surface area contributed by atoms with E-state index >= 15 is 0 Å². The first kappa shape index (κ1) is 7.56. The van der Waals surface area contributed by atoms with Crippen LogP contribution in [0, 0.1) is 0 Å². The van der Waals surface area contributed by atoms with E-state index in [-0.39, 0.29) is 5.54 Å². The molecule has 0 aromatic carbocycles. The fourth-order valence-corrected chi connectivity index (χ4v) is 1.62. The molecule has 0 atom stereocenters. The number of nitrogens with zero attached hydrogens (tertiary/aromatic N) is 1. The molecule has 12 heavy (non-hydrogen) atoms. The van der Waals surface area contributed by atoms with Gasteiger partial charge in [0.25, 0.3) is 0 Å². The van der Waals surface area contributed by atoms with Crippen molar-refractivity contribution in [2.24, 2.45) is 4.99 Å². The zero-order chi connectivity index (χ0) is 8.44. The number of hydrogen-bond acceptors (Lipinski definition) is 3. The van der Waals surface area contributed by atoms with Gasteiger partial charge in [-0.25, -0.2) is 4.79 Å². The Labute approximate surface area is 71.1 Å². The fraction of sp³-hybridized carbons (Fsp3) is 0.667. The lowest BCUT2D eigenvalue weighted by atomic mass is 10.0. The van der Waals surface area contributed by atoms with Gasteiger partial charge in [-0.2, -0.15) is 4.99 Å². The maximum absolute atomic E-state index is 10.1. The highest BCUT2D eigenvalue weighted by Gasteiger charge is 2.46. The molecule has 0 aromatic rings. The number of ether oxygens (including phenoxy) is 1. The Morgan fingerprint density at radius 2 is 2.42 bits per heavy atom. The first-order valence-electron chi connectivity index (χ1n) is 4.28. The van der Waals surface area contributed by atoms with Crippen LogP contribution in [0.5, 0.6) is 0 Å². The molecule has 1 saturated carbocycles. The molecular formula is C9H11NO2. The third kappa shape index (κ3) is 1.16. The lowest BCUT2D eigenvalue weighted by Gasteiger charge is -2.17. The van der Waals surface area contributed by atoms with Gasteiger partial charge in [-0.1, -0.05) is 0 Å². The number of isocyanates is 1. The van der Waals surface area contributed by atoms with E-state index in [0.29, 0.717) is 0 Å². The minimum Gasteiger partial charge on any atom is -0.501 e. The van der Waals surface area contributed by atoms with E-state index in [4.69, 9.17) is 4.74 Å². The maximum atomic E-state index is 10.1. The van der Waals surface area contributed by atoms with Crippen molar-refractivity contribution >= 4 is 6.08 Å². The standard InChI is InChI=1S/C9H11NO2/c11-7-10-9(3-4-9)8-2-1-5-12-6-8/h6H,1-5H2. The predicted octanol–water partition coefficient (Wildman–Crippen LogP) is 1.55. The molecular weight excluding hydrogens is 154 g/mol. The highest BCUT2D eigenvalue weighted by molar-refractivity contribution is 5.41. The van der Waals surface area contributed by atoms with Crippen molar-refractivity contribution in [3.63, 3.8) is 0 Å². The second kappa shape index (κ2) is 2.76. The Hall–Kier alpha value is -1.08. The van der Waals surface area contributed by atoms with Crippen molar-refractivity contribution in [1.82, 2.24) is 0 Å². The Morgan fingerprint density at radius 1 is 1.58 bits per heavy atom. The van der Waals surface area contributed by atoms with Gasteiger partial charge in [0, 0.05) is 0 Å². The van der Waals surface area contributed by atoms with Crippen LogP contribution in [0.2, 0.25) is 0 Å². The van der Waals surface area contributed by atoms with Crippen LogP contribution in [-0.2, 0) is 9.53 Å². The van der Waals surface area contributed by atoms with Gasteiger partial charge in [-0.3, -0.25) is 0 Å². The van der Waals surface area contributed by atoms with Crippen LogP contribution < -0.4 is 0 Å². The summed E-state index contributed by atoms with van der Waals surface area (Å²) < 4.78 is 5.20. The molecule has 0 saturated heterocycles. The smallest absolute Gasteiger partial charge is 0.235 e. The molecule has 0 spiro atoms. The van der Waals surface area contributed by atoms with Gasteiger partial charge in [0.05, 0.1) is 18.4 Å². The van der Waals surface area contributed by atoms with E-state index in [1.807, 2.05) is 0 Å². The SMILES string of the molecule is O=C=NC1(C2=COCCC2)CC1. The normalized spacial score (nSPS) is 24.8. The largest absolute Gasteiger partial charge is 0.501 e. The summed E-state index contributed by atoms with van der Waals surface area (Å²) >= 11 is 0. The summed E-state index contributed by atoms with van der Waals surface area (Å²) in [4.78, 5) is 14.0. The van der Waals surface area contributed by atoms with Gasteiger partial charge in [0.15, 0.2) is 0 Å². The van der Waals surface area contributed by atoms with Crippen molar-refractivity contribution in [1.29, 1.82) is 0 Å². The predicted molar refractivity (Wildman–Crippen MR) is 43.4 cm³/mol. The maximum Gasteiger partial charge on any atom is 0.235 e. The lowest BCUT2D eigenvalue weighted by molar-refractivity contribution is 0.220. The molecule has 0 amide bonds. The summed E-state index contributed by atoms with van der Waals surface area (Å²) in [5.41, 5.74) is 0.986. The van der Waals surface area contributed by atoms with Gasteiger partial charge in [0.2, 0.25) is 6.08 Å². The van der Waals surface area contributed by atoms with Gasteiger partial charge >= 0.3 is 0 Å². The van der Waals surface area contributed by atoms with Crippen molar-refractivity contribution in [2.45, 2.75) is 31.2 Å². The highest BCUT2D eigenvalue weighted by Crippen LogP contribution is 2.48. The molecule has 1 aliphatic carbocycles. The molecule has 0 N–H and O–H groups in total. The topological polar surface area (TPSA) is 38.7 Å². The zero-order valence-electron chi connectivity index (χ0n) is 6.88. The number of carbonyl (C=O) groups excluding carboxylic acids is 1. The Morgan fingerprint density at radius 3 is 2.92 bits per heavy atom. The summed E-state index contributed by atoms with van der Waals surface area (Å²) in [6, 6.07) is 0. The molecule has 1 heterocycles. The fourth-order valence-electron chi connectivity index (χ4n) is 1.62. The van der Waals surface area contributed by atoms with E-state index in [0.717, 1.165) is 32.3 Å². The molecule has 3 heteroatoms. The van der Waals surface area contributed by atoms with Crippen molar-refractivity contribution in [2.75, 3.05) is 6.61 Å². The lowest BCUT2D eigenvalue weighted by Crippen LogP contribution is -2.13. The third-order valence-corrected chi connectivity index (χ3v) is 2.51. The minimum atomic E-state index is -0.192. The van der Waals surface area contributed by atoms with Gasteiger partial charge in [-0.15, -0.1) is 0 Å². The summed E-state index contributed by atoms with van der Waals surface area (Å²) in [6.07, 6.45) is 7.45. The Bertz CT molecular complexity index is 260. The Balaban J connectivity index is 2.17. The summed E-state index contributed by atoms with van der Waals surface area (Å²) in [7, 11) is 0. The Kier molecular flexibility index (Phi) is 1.74. The average Bonchev–Trinajstić information content (AvgIpc) is 2.88. The van der Waals surface area contributed by atoms with E-state index in [2.05, 4.69) is 4.99 Å². The van der Waals surface area contributed by atoms with E-state index in [1.54, 1.807) is 12.3 Å². The molecule has 3 nitrogen and oxygen atoms in total. The first-order valence-corrected chi connectivity index (χ1v) is 4.28. The first-order chi connectivity index (χ1) is 5.87. The number of rotatable bonds is 2. The van der Waals surface area contributed by atoms with Crippen LogP contribution in [0.25, 0.3) is 0 Å². The van der Waals surface area contributed by atoms with E-state index in [9.17, 15) is 4.79 Å². The summed E-state index contributed by atoms with van der Waals surface area (Å²) in [5, 5.41) is 0. The van der Waals surface area contributed by atoms with E-state index < -0.39 is 0 Å². The van der Waals surface area contributed by atoms with Crippen LogP contribution in [0.1, 0.15) is 25.7 Å². The van der Waals surface area contributed by atoms with Crippen molar-refractivity contribution in [3.8, 4) is 0 Å². The van der Waals surface area contributed by atoms with Crippen LogP contribution in [0.15, 0.2) is 16.8 Å². The van der Waals surface area contributed by atoms with Crippen LogP contribution in [-0.4, -0.2) is 18.2 Å². The van der Waals surface area contributed by atoms with Crippen LogP contribution >= 0.6 is 0 Å². The van der Waals surface area contributed by atoms with Crippen LogP contribution in [0.4, 0.5) is 0 Å². The molecule has 1 aliphatic heterocycles. The molecule has 0 bridgehead atoms. The summed E-state index contributed by atoms with van der Waals surface area (Å²) in [5.74, 6) is 0. The zero-order valence-corrected chi connectivity index (χ0v) is 6.88. The number of hydrogen-bond donors (Lipinski definition) is 0. The van der Waals surface area contributed by atoms with Gasteiger partial charge in [0.1, 0.15) is 0 Å². The second-order valence-corrected chi connectivity index (χ2v) is 3.35. The average molecular weight is 165 g/mol. The van der Waals surface area contributed by atoms with Crippen molar-refractivity contribution in [3.05, 3.63) is 11.8 Å². The molecule has 0 unspecified atom stereocenters. The highest BCUT2D eigenvalue weighted by atomic mass is 16.5. The minimum absolute atomic E-state index is 0.192.